The molecule has 0 spiro atoms. The first-order chi connectivity index (χ1) is 15.2. The predicted octanol–water partition coefficient (Wildman–Crippen LogP) is 6.38. The molecule has 2 aromatic rings. The van der Waals surface area contributed by atoms with Crippen molar-refractivity contribution < 1.29 is 0 Å². The van der Waals surface area contributed by atoms with Crippen LogP contribution in [0.25, 0.3) is 0 Å². The lowest BCUT2D eigenvalue weighted by molar-refractivity contribution is 0.174. The molecule has 2 aliphatic rings. The smallest absolute Gasteiger partial charge is 0.0921 e. The topological polar surface area (TPSA) is 31.9 Å². The van der Waals surface area contributed by atoms with Gasteiger partial charge >= 0.3 is 0 Å². The molecule has 1 fully saturated rings. The standard InChI is InChI=1S/C28H39N3/c1-3-4-7-23-10-11-25-18-22(2)9-12-27(25)28(19-23)24-13-16-31(17-14-24)15-6-5-8-26-20-29-21-30-26/h3,9,12,18-21,24,28H,1,4-8,10-11,13-17H2,2H3,(H,29,30). The van der Waals surface area contributed by atoms with E-state index in [0.717, 1.165) is 18.8 Å². The van der Waals surface area contributed by atoms with Crippen molar-refractivity contribution in [2.75, 3.05) is 19.6 Å². The third kappa shape index (κ3) is 5.98. The van der Waals surface area contributed by atoms with Gasteiger partial charge in [0.2, 0.25) is 0 Å². The van der Waals surface area contributed by atoms with Gasteiger partial charge in [-0.3, -0.25) is 0 Å². The van der Waals surface area contributed by atoms with Gasteiger partial charge in [0.15, 0.2) is 0 Å². The summed E-state index contributed by atoms with van der Waals surface area (Å²) in [5.74, 6) is 1.37. The molecule has 0 radical (unpaired) electrons. The summed E-state index contributed by atoms with van der Waals surface area (Å²) in [4.78, 5) is 10.0. The van der Waals surface area contributed by atoms with Crippen LogP contribution >= 0.6 is 0 Å². The van der Waals surface area contributed by atoms with E-state index >= 15 is 0 Å². The maximum atomic E-state index is 4.12. The van der Waals surface area contributed by atoms with Crippen molar-refractivity contribution in [1.29, 1.82) is 0 Å². The molecule has 0 amide bonds. The molecule has 1 atom stereocenters. The van der Waals surface area contributed by atoms with Crippen LogP contribution in [0.1, 0.15) is 73.2 Å². The monoisotopic (exact) mass is 417 g/mol. The van der Waals surface area contributed by atoms with E-state index in [9.17, 15) is 0 Å². The highest BCUT2D eigenvalue weighted by atomic mass is 15.1. The second-order valence-corrected chi connectivity index (χ2v) is 9.59. The fourth-order valence-corrected chi connectivity index (χ4v) is 5.49. The van der Waals surface area contributed by atoms with Crippen molar-refractivity contribution in [3.05, 3.63) is 77.4 Å². The molecule has 1 N–H and O–H groups in total. The van der Waals surface area contributed by atoms with Crippen molar-refractivity contribution in [2.45, 2.75) is 70.6 Å². The zero-order valence-electron chi connectivity index (χ0n) is 19.3. The van der Waals surface area contributed by atoms with E-state index in [1.54, 1.807) is 23.0 Å². The third-order valence-electron chi connectivity index (χ3n) is 7.32. The minimum atomic E-state index is 0.598. The zero-order chi connectivity index (χ0) is 21.5. The normalized spacial score (nSPS) is 20.2. The minimum absolute atomic E-state index is 0.598. The number of fused-ring (bicyclic) bond motifs is 1. The van der Waals surface area contributed by atoms with Gasteiger partial charge in [-0.15, -0.1) is 6.58 Å². The number of aryl methyl sites for hydroxylation is 3. The number of imidazole rings is 1. The summed E-state index contributed by atoms with van der Waals surface area (Å²) in [6.45, 7) is 9.92. The zero-order valence-corrected chi connectivity index (χ0v) is 19.3. The van der Waals surface area contributed by atoms with Gasteiger partial charge in [-0.25, -0.2) is 4.98 Å². The molecule has 1 aliphatic carbocycles. The Kier molecular flexibility index (Phi) is 7.80. The van der Waals surface area contributed by atoms with Crippen molar-refractivity contribution in [2.24, 2.45) is 5.92 Å². The lowest BCUT2D eigenvalue weighted by Gasteiger charge is -2.36. The van der Waals surface area contributed by atoms with E-state index < -0.39 is 0 Å². The molecule has 1 aromatic carbocycles. The summed E-state index contributed by atoms with van der Waals surface area (Å²) in [5.41, 5.74) is 7.52. The third-order valence-corrected chi connectivity index (χ3v) is 7.32. The largest absolute Gasteiger partial charge is 0.348 e. The summed E-state index contributed by atoms with van der Waals surface area (Å²) in [5, 5.41) is 0. The molecule has 2 heterocycles. The number of likely N-dealkylation sites (tertiary alicyclic amines) is 1. The van der Waals surface area contributed by atoms with Gasteiger partial charge < -0.3 is 9.88 Å². The van der Waals surface area contributed by atoms with Crippen LogP contribution in [0.2, 0.25) is 0 Å². The second kappa shape index (κ2) is 10.9. The Morgan fingerprint density at radius 1 is 1.16 bits per heavy atom. The number of H-pyrrole nitrogens is 1. The number of hydrogen-bond donors (Lipinski definition) is 1. The van der Waals surface area contributed by atoms with Crippen LogP contribution in [0.4, 0.5) is 0 Å². The molecular formula is C28H39N3. The first-order valence-electron chi connectivity index (χ1n) is 12.3. The first-order valence-corrected chi connectivity index (χ1v) is 12.3. The number of piperidine rings is 1. The Hall–Kier alpha value is -2.13. The van der Waals surface area contributed by atoms with Gasteiger partial charge in [0.05, 0.1) is 6.33 Å². The number of rotatable bonds is 9. The number of hydrogen-bond acceptors (Lipinski definition) is 2. The summed E-state index contributed by atoms with van der Waals surface area (Å²) >= 11 is 0. The van der Waals surface area contributed by atoms with E-state index in [2.05, 4.69) is 58.7 Å². The van der Waals surface area contributed by atoms with Gasteiger partial charge in [-0.05, 0) is 101 Å². The summed E-state index contributed by atoms with van der Waals surface area (Å²) < 4.78 is 0. The quantitative estimate of drug-likeness (QED) is 0.379. The summed E-state index contributed by atoms with van der Waals surface area (Å²) in [7, 11) is 0. The van der Waals surface area contributed by atoms with Crippen LogP contribution in [0.3, 0.4) is 0 Å². The lowest BCUT2D eigenvalue weighted by Crippen LogP contribution is -2.36. The molecule has 1 saturated heterocycles. The van der Waals surface area contributed by atoms with Crippen molar-refractivity contribution >= 4 is 0 Å². The molecule has 0 saturated carbocycles. The maximum absolute atomic E-state index is 4.12. The van der Waals surface area contributed by atoms with Crippen LogP contribution in [0.5, 0.6) is 0 Å². The van der Waals surface area contributed by atoms with E-state index in [0.29, 0.717) is 5.92 Å². The lowest BCUT2D eigenvalue weighted by atomic mass is 9.78. The van der Waals surface area contributed by atoms with Gasteiger partial charge in [-0.1, -0.05) is 41.5 Å². The van der Waals surface area contributed by atoms with Crippen LogP contribution in [0.15, 0.2) is 55.0 Å². The molecule has 31 heavy (non-hydrogen) atoms. The number of nitrogens with one attached hydrogen (secondary N) is 1. The number of allylic oxidation sites excluding steroid dienone is 3. The SMILES string of the molecule is C=CCCC1=CC(C2CCN(CCCCc3cnc[nH]3)CC2)c2ccc(C)cc2CC1. The van der Waals surface area contributed by atoms with Crippen LogP contribution in [-0.2, 0) is 12.8 Å². The molecule has 166 valence electrons. The van der Waals surface area contributed by atoms with Gasteiger partial charge in [0.1, 0.15) is 0 Å². The predicted molar refractivity (Wildman–Crippen MR) is 130 cm³/mol. The number of unbranched alkanes of at least 4 members (excludes halogenated alkanes) is 1. The molecule has 1 aliphatic heterocycles. The van der Waals surface area contributed by atoms with Crippen LogP contribution in [0, 0.1) is 12.8 Å². The van der Waals surface area contributed by atoms with E-state index in [1.807, 2.05) is 6.20 Å². The van der Waals surface area contributed by atoms with Crippen molar-refractivity contribution in [3.63, 3.8) is 0 Å². The number of nitrogens with zero attached hydrogens (tertiary/aromatic N) is 2. The second-order valence-electron chi connectivity index (χ2n) is 9.59. The summed E-state index contributed by atoms with van der Waals surface area (Å²) in [6, 6.07) is 7.20. The van der Waals surface area contributed by atoms with E-state index in [4.69, 9.17) is 0 Å². The Morgan fingerprint density at radius 2 is 2.03 bits per heavy atom. The number of benzene rings is 1. The van der Waals surface area contributed by atoms with Crippen molar-refractivity contribution in [3.8, 4) is 0 Å². The highest BCUT2D eigenvalue weighted by Crippen LogP contribution is 2.40. The Labute approximate surface area is 188 Å². The molecule has 1 aromatic heterocycles. The van der Waals surface area contributed by atoms with Crippen LogP contribution < -0.4 is 0 Å². The Bertz CT molecular complexity index is 856. The van der Waals surface area contributed by atoms with Gasteiger partial charge in [0.25, 0.3) is 0 Å². The van der Waals surface area contributed by atoms with Crippen molar-refractivity contribution in [1.82, 2.24) is 14.9 Å². The van der Waals surface area contributed by atoms with E-state index in [-0.39, 0.29) is 0 Å². The molecule has 0 bridgehead atoms. The highest BCUT2D eigenvalue weighted by Gasteiger charge is 2.29. The maximum Gasteiger partial charge on any atom is 0.0921 e. The van der Waals surface area contributed by atoms with Gasteiger partial charge in [0, 0.05) is 17.8 Å². The molecule has 3 nitrogen and oxygen atoms in total. The number of aromatic amines is 1. The average Bonchev–Trinajstić information content (AvgIpc) is 3.24. The fourth-order valence-electron chi connectivity index (χ4n) is 5.49. The Morgan fingerprint density at radius 3 is 2.81 bits per heavy atom. The summed E-state index contributed by atoms with van der Waals surface area (Å²) in [6.07, 6.45) is 19.5. The molecule has 3 heteroatoms. The molecule has 1 unspecified atom stereocenters. The van der Waals surface area contributed by atoms with Crippen LogP contribution in [-0.4, -0.2) is 34.5 Å². The average molecular weight is 418 g/mol. The Balaban J connectivity index is 1.35. The highest BCUT2D eigenvalue weighted by molar-refractivity contribution is 5.40. The van der Waals surface area contributed by atoms with Gasteiger partial charge in [-0.2, -0.15) is 0 Å². The number of aromatic nitrogens is 2. The fraction of sp³-hybridized carbons (Fsp3) is 0.536. The molecular weight excluding hydrogens is 378 g/mol. The van der Waals surface area contributed by atoms with E-state index in [1.165, 1.54) is 75.8 Å². The minimum Gasteiger partial charge on any atom is -0.348 e. The first kappa shape index (κ1) is 22.1. The molecule has 4 rings (SSSR count).